The average molecular weight is 328 g/mol. The number of Topliss-reactive ketones (excluding diaryl/α,β-unsaturated/α-hetero) is 2. The molecule has 0 unspecified atom stereocenters. The highest BCUT2D eigenvalue weighted by Crippen LogP contribution is 2.21. The Bertz CT molecular complexity index is 803. The number of carbonyl (C=O) groups is 3. The highest BCUT2D eigenvalue weighted by atomic mass is 16.5. The molecule has 0 aliphatic heterocycles. The summed E-state index contributed by atoms with van der Waals surface area (Å²) in [5.74, 6) is -0.411. The molecule has 1 atom stereocenters. The van der Waals surface area contributed by atoms with Crippen LogP contribution in [0.2, 0.25) is 0 Å². The van der Waals surface area contributed by atoms with Crippen molar-refractivity contribution in [3.05, 3.63) is 52.3 Å². The van der Waals surface area contributed by atoms with Gasteiger partial charge in [0.05, 0.1) is 5.69 Å². The lowest BCUT2D eigenvalue weighted by molar-refractivity contribution is 0.0812. The van der Waals surface area contributed by atoms with E-state index < -0.39 is 12.0 Å². The molecule has 6 heteroatoms. The minimum atomic E-state index is -0.749. The zero-order valence-corrected chi connectivity index (χ0v) is 14.1. The molecule has 1 aromatic carbocycles. The molecule has 0 radical (unpaired) electrons. The largest absolute Gasteiger partial charge is 0.483 e. The van der Waals surface area contributed by atoms with Crippen molar-refractivity contribution in [2.24, 2.45) is 5.73 Å². The summed E-state index contributed by atoms with van der Waals surface area (Å²) in [4.78, 5) is 38.3. The van der Waals surface area contributed by atoms with Gasteiger partial charge in [-0.25, -0.2) is 0 Å². The molecule has 0 saturated carbocycles. The third-order valence-corrected chi connectivity index (χ3v) is 3.86. The number of aromatic nitrogens is 1. The lowest BCUT2D eigenvalue weighted by Gasteiger charge is -2.13. The van der Waals surface area contributed by atoms with Gasteiger partial charge in [0.1, 0.15) is 5.75 Å². The van der Waals surface area contributed by atoms with E-state index in [0.29, 0.717) is 33.8 Å². The second-order valence-corrected chi connectivity index (χ2v) is 5.69. The Kier molecular flexibility index (Phi) is 4.87. The van der Waals surface area contributed by atoms with Crippen LogP contribution in [0.25, 0.3) is 0 Å². The molecule has 1 amide bonds. The Morgan fingerprint density at radius 2 is 1.71 bits per heavy atom. The summed E-state index contributed by atoms with van der Waals surface area (Å²) >= 11 is 0. The highest BCUT2D eigenvalue weighted by Gasteiger charge is 2.24. The number of primary amides is 1. The van der Waals surface area contributed by atoms with Gasteiger partial charge in [0.25, 0.3) is 0 Å². The molecular weight excluding hydrogens is 308 g/mol. The third kappa shape index (κ3) is 3.37. The van der Waals surface area contributed by atoms with E-state index >= 15 is 0 Å². The molecule has 3 N–H and O–H groups in total. The van der Waals surface area contributed by atoms with Crippen molar-refractivity contribution >= 4 is 17.5 Å². The van der Waals surface area contributed by atoms with Crippen LogP contribution in [-0.4, -0.2) is 28.6 Å². The van der Waals surface area contributed by atoms with E-state index in [-0.39, 0.29) is 11.6 Å². The normalized spacial score (nSPS) is 11.8. The van der Waals surface area contributed by atoms with E-state index in [2.05, 4.69) is 4.98 Å². The first-order chi connectivity index (χ1) is 11.2. The summed E-state index contributed by atoms with van der Waals surface area (Å²) in [6, 6.07) is 6.23. The molecule has 0 aliphatic rings. The summed E-state index contributed by atoms with van der Waals surface area (Å²) in [7, 11) is 0. The summed E-state index contributed by atoms with van der Waals surface area (Å²) in [5.41, 5.74) is 7.75. The van der Waals surface area contributed by atoms with Crippen LogP contribution in [0.4, 0.5) is 0 Å². The molecule has 2 aromatic rings. The maximum absolute atomic E-state index is 12.6. The zero-order chi connectivity index (χ0) is 18.0. The molecule has 1 aromatic heterocycles. The fraction of sp³-hybridized carbons (Fsp3) is 0.278. The number of nitrogens with one attached hydrogen (secondary N) is 1. The quantitative estimate of drug-likeness (QED) is 0.796. The zero-order valence-electron chi connectivity index (χ0n) is 14.1. The van der Waals surface area contributed by atoms with Crippen molar-refractivity contribution in [1.29, 1.82) is 0 Å². The number of H-pyrrole nitrogens is 1. The smallest absolute Gasteiger partial charge is 0.248 e. The maximum atomic E-state index is 12.6. The number of rotatable bonds is 6. The van der Waals surface area contributed by atoms with E-state index in [4.69, 9.17) is 10.5 Å². The summed E-state index contributed by atoms with van der Waals surface area (Å²) in [6.45, 7) is 6.60. The number of ether oxygens (including phenoxy) is 1. The van der Waals surface area contributed by atoms with Gasteiger partial charge in [0.15, 0.2) is 11.9 Å². The van der Waals surface area contributed by atoms with Gasteiger partial charge in [-0.1, -0.05) is 0 Å². The van der Waals surface area contributed by atoms with E-state index in [1.54, 1.807) is 32.9 Å². The summed E-state index contributed by atoms with van der Waals surface area (Å²) in [5, 5.41) is 0. The van der Waals surface area contributed by atoms with Crippen LogP contribution in [0.15, 0.2) is 24.3 Å². The van der Waals surface area contributed by atoms with Crippen LogP contribution in [-0.2, 0) is 0 Å². The second kappa shape index (κ2) is 6.70. The van der Waals surface area contributed by atoms with Gasteiger partial charge in [-0.15, -0.1) is 0 Å². The van der Waals surface area contributed by atoms with Crippen molar-refractivity contribution in [1.82, 2.24) is 4.98 Å². The van der Waals surface area contributed by atoms with Crippen LogP contribution >= 0.6 is 0 Å². The molecule has 0 saturated heterocycles. The Balaban J connectivity index is 2.19. The highest BCUT2D eigenvalue weighted by molar-refractivity contribution is 6.04. The topological polar surface area (TPSA) is 102 Å². The predicted molar refractivity (Wildman–Crippen MR) is 89.7 cm³/mol. The van der Waals surface area contributed by atoms with Crippen LogP contribution < -0.4 is 10.5 Å². The van der Waals surface area contributed by atoms with Crippen LogP contribution in [0.1, 0.15) is 56.3 Å². The Morgan fingerprint density at radius 3 is 2.17 bits per heavy atom. The summed E-state index contributed by atoms with van der Waals surface area (Å²) < 4.78 is 5.62. The minimum Gasteiger partial charge on any atom is -0.483 e. The summed E-state index contributed by atoms with van der Waals surface area (Å²) in [6.07, 6.45) is -0.749. The number of aromatic amines is 1. The van der Waals surface area contributed by atoms with Crippen molar-refractivity contribution in [2.75, 3.05) is 0 Å². The lowest BCUT2D eigenvalue weighted by Crippen LogP contribution is -2.25. The number of hydrogen-bond donors (Lipinski definition) is 2. The molecule has 1 heterocycles. The van der Waals surface area contributed by atoms with Crippen molar-refractivity contribution in [3.63, 3.8) is 0 Å². The second-order valence-electron chi connectivity index (χ2n) is 5.69. The van der Waals surface area contributed by atoms with Crippen LogP contribution in [0, 0.1) is 13.8 Å². The lowest BCUT2D eigenvalue weighted by atomic mass is 10.0. The molecule has 6 nitrogen and oxygen atoms in total. The van der Waals surface area contributed by atoms with Crippen molar-refractivity contribution in [3.8, 4) is 5.75 Å². The fourth-order valence-corrected chi connectivity index (χ4v) is 2.68. The molecule has 0 fully saturated rings. The third-order valence-electron chi connectivity index (χ3n) is 3.86. The van der Waals surface area contributed by atoms with Gasteiger partial charge in [0, 0.05) is 16.8 Å². The molecule has 2 rings (SSSR count). The first-order valence-electron chi connectivity index (χ1n) is 7.53. The van der Waals surface area contributed by atoms with E-state index in [1.807, 2.05) is 0 Å². The van der Waals surface area contributed by atoms with Gasteiger partial charge >= 0.3 is 0 Å². The Hall–Kier alpha value is -2.89. The molecule has 24 heavy (non-hydrogen) atoms. The van der Waals surface area contributed by atoms with E-state index in [9.17, 15) is 14.4 Å². The van der Waals surface area contributed by atoms with E-state index in [1.165, 1.54) is 19.1 Å². The number of ketones is 2. The maximum Gasteiger partial charge on any atom is 0.248 e. The molecule has 0 spiro atoms. The average Bonchev–Trinajstić information content (AvgIpc) is 2.81. The number of benzene rings is 1. The first-order valence-corrected chi connectivity index (χ1v) is 7.53. The van der Waals surface area contributed by atoms with Gasteiger partial charge < -0.3 is 15.5 Å². The fourth-order valence-electron chi connectivity index (χ4n) is 2.68. The van der Waals surface area contributed by atoms with E-state index in [0.717, 1.165) is 0 Å². The number of nitrogens with two attached hydrogens (primary N) is 1. The van der Waals surface area contributed by atoms with Gasteiger partial charge in [-0.3, -0.25) is 14.4 Å². The SMILES string of the molecule is CC(=O)c1c(C)[nH]c(C(=O)[C@H](C)Oc2ccc(C(N)=O)cc2)c1C. The van der Waals surface area contributed by atoms with Crippen LogP contribution in [0.3, 0.4) is 0 Å². The Morgan fingerprint density at radius 1 is 1.12 bits per heavy atom. The van der Waals surface area contributed by atoms with Gasteiger partial charge in [-0.2, -0.15) is 0 Å². The molecule has 126 valence electrons. The predicted octanol–water partition coefficient (Wildman–Crippen LogP) is 2.58. The number of hydrogen-bond acceptors (Lipinski definition) is 4. The molecule has 0 bridgehead atoms. The number of amides is 1. The van der Waals surface area contributed by atoms with Crippen LogP contribution in [0.5, 0.6) is 5.75 Å². The van der Waals surface area contributed by atoms with Crippen molar-refractivity contribution in [2.45, 2.75) is 33.8 Å². The number of aryl methyl sites for hydroxylation is 1. The standard InChI is InChI=1S/C18H20N2O4/c1-9-15(11(3)21)10(2)20-16(9)17(22)12(4)24-14-7-5-13(6-8-14)18(19)23/h5-8,12,20H,1-4H3,(H2,19,23)/t12-/m0/s1. The molecular formula is C18H20N2O4. The van der Waals surface area contributed by atoms with Crippen molar-refractivity contribution < 1.29 is 19.1 Å². The minimum absolute atomic E-state index is 0.0871. The molecule has 0 aliphatic carbocycles. The monoisotopic (exact) mass is 328 g/mol. The van der Waals surface area contributed by atoms with Gasteiger partial charge in [0.2, 0.25) is 11.7 Å². The Labute approximate surface area is 140 Å². The van der Waals surface area contributed by atoms with Gasteiger partial charge in [-0.05, 0) is 57.5 Å². The first kappa shape index (κ1) is 17.5. The number of carbonyl (C=O) groups excluding carboxylic acids is 3.